The highest BCUT2D eigenvalue weighted by Crippen LogP contribution is 2.03. The Labute approximate surface area is 77.3 Å². The van der Waals surface area contributed by atoms with Gasteiger partial charge in [0.1, 0.15) is 0 Å². The third-order valence-electron chi connectivity index (χ3n) is 1.43. The van der Waals surface area contributed by atoms with Gasteiger partial charge in [-0.05, 0) is 24.9 Å². The largest absolute Gasteiger partial charge is 0.324 e. The lowest BCUT2D eigenvalue weighted by Gasteiger charge is -1.96. The lowest BCUT2D eigenvalue weighted by Crippen LogP contribution is -2.11. The van der Waals surface area contributed by atoms with Crippen LogP contribution in [0.2, 0.25) is 0 Å². The molecule has 72 valence electrons. The minimum Gasteiger partial charge on any atom is -0.324 e. The normalized spacial score (nSPS) is 11.7. The molecule has 12 heavy (non-hydrogen) atoms. The second-order valence-electron chi connectivity index (χ2n) is 2.42. The van der Waals surface area contributed by atoms with Crippen molar-refractivity contribution in [2.75, 3.05) is 12.0 Å². The summed E-state index contributed by atoms with van der Waals surface area (Å²) in [6.07, 6.45) is 7.59. The van der Waals surface area contributed by atoms with Gasteiger partial charge < -0.3 is 4.94 Å². The zero-order valence-electron chi connectivity index (χ0n) is 7.36. The van der Waals surface area contributed by atoms with Crippen LogP contribution in [0.3, 0.4) is 0 Å². The molecule has 0 atom stereocenters. The fourth-order valence-corrected chi connectivity index (χ4v) is 1.30. The number of hydrogen-bond acceptors (Lipinski definition) is 4. The Morgan fingerprint density at radius 1 is 1.50 bits per heavy atom. The van der Waals surface area contributed by atoms with E-state index in [9.17, 15) is 5.21 Å². The molecule has 0 rings (SSSR count). The maximum absolute atomic E-state index is 10.4. The van der Waals surface area contributed by atoms with Crippen molar-refractivity contribution in [3.8, 4) is 0 Å². The third kappa shape index (κ3) is 7.68. The predicted octanol–water partition coefficient (Wildman–Crippen LogP) is 1.30. The first kappa shape index (κ1) is 11.6. The summed E-state index contributed by atoms with van der Waals surface area (Å²) in [6, 6.07) is 0. The molecule has 0 radical (unpaired) electrons. The van der Waals surface area contributed by atoms with Crippen molar-refractivity contribution in [2.45, 2.75) is 25.7 Å². The van der Waals surface area contributed by atoms with Crippen molar-refractivity contribution in [3.05, 3.63) is 5.21 Å². The molecule has 0 aliphatic carbocycles. The Balaban J connectivity index is 3.10. The monoisotopic (exact) mass is 192 g/mol. The van der Waals surface area contributed by atoms with Gasteiger partial charge in [-0.2, -0.15) is 11.8 Å². The van der Waals surface area contributed by atoms with Gasteiger partial charge in [0, 0.05) is 11.3 Å². The van der Waals surface area contributed by atoms with Crippen LogP contribution >= 0.6 is 11.8 Å². The zero-order chi connectivity index (χ0) is 9.23. The van der Waals surface area contributed by atoms with E-state index in [1.165, 1.54) is 18.4 Å². The summed E-state index contributed by atoms with van der Waals surface area (Å²) < 4.78 is 0. The Bertz CT molecular complexity index is 131. The zero-order valence-corrected chi connectivity index (χ0v) is 8.18. The Morgan fingerprint density at radius 2 is 2.25 bits per heavy atom. The number of thioether (sulfide) groups is 1. The standard InChI is InChI=1S/C7H16N2O2S/c1-12-7-5-3-2-4-6-9(10)11-8/h6H,2-5,7-8H2,1H3/b9-6-. The molecular weight excluding hydrogens is 176 g/mol. The number of hydrogen-bond donors (Lipinski definition) is 1. The smallest absolute Gasteiger partial charge is 0.211 e. The first-order valence-corrected chi connectivity index (χ1v) is 5.36. The minimum atomic E-state index is 0.286. The van der Waals surface area contributed by atoms with Gasteiger partial charge >= 0.3 is 0 Å². The molecule has 0 amide bonds. The molecule has 0 aromatic carbocycles. The average Bonchev–Trinajstić information content (AvgIpc) is 2.10. The summed E-state index contributed by atoms with van der Waals surface area (Å²) in [5, 5.41) is 10.4. The molecule has 0 aliphatic heterocycles. The van der Waals surface area contributed by atoms with Crippen molar-refractivity contribution in [2.24, 2.45) is 5.90 Å². The Morgan fingerprint density at radius 3 is 2.83 bits per heavy atom. The van der Waals surface area contributed by atoms with Gasteiger partial charge in [-0.15, -0.1) is 0 Å². The summed E-state index contributed by atoms with van der Waals surface area (Å²) in [6.45, 7) is 0. The lowest BCUT2D eigenvalue weighted by molar-refractivity contribution is -0.743. The fourth-order valence-electron chi connectivity index (χ4n) is 0.807. The highest BCUT2D eigenvalue weighted by Gasteiger charge is 1.91. The quantitative estimate of drug-likeness (QED) is 0.286. The predicted molar refractivity (Wildman–Crippen MR) is 51.8 cm³/mol. The molecule has 0 unspecified atom stereocenters. The molecule has 0 spiro atoms. The first-order valence-electron chi connectivity index (χ1n) is 3.96. The first-order chi connectivity index (χ1) is 5.81. The number of nitrogens with two attached hydrogens (primary N) is 1. The molecule has 0 saturated heterocycles. The van der Waals surface area contributed by atoms with Crippen LogP contribution in [0.5, 0.6) is 0 Å². The summed E-state index contributed by atoms with van der Waals surface area (Å²) >= 11 is 1.84. The van der Waals surface area contributed by atoms with Crippen molar-refractivity contribution >= 4 is 18.0 Å². The average molecular weight is 192 g/mol. The Hall–Kier alpha value is -0.420. The van der Waals surface area contributed by atoms with E-state index in [4.69, 9.17) is 0 Å². The van der Waals surface area contributed by atoms with Crippen LogP contribution < -0.4 is 5.90 Å². The SMILES string of the molecule is CSCCCCC/C=[N+](/[O-])ON. The molecule has 0 saturated carbocycles. The van der Waals surface area contributed by atoms with Crippen LogP contribution in [0.15, 0.2) is 0 Å². The number of nitrogens with zero attached hydrogens (tertiary/aromatic N) is 1. The fraction of sp³-hybridized carbons (Fsp3) is 0.857. The third-order valence-corrected chi connectivity index (χ3v) is 2.13. The highest BCUT2D eigenvalue weighted by molar-refractivity contribution is 7.98. The number of rotatable bonds is 7. The second-order valence-corrected chi connectivity index (χ2v) is 3.40. The van der Waals surface area contributed by atoms with Crippen LogP contribution in [0, 0.1) is 5.21 Å². The summed E-state index contributed by atoms with van der Waals surface area (Å²) in [4.78, 5) is 4.18. The Kier molecular flexibility index (Phi) is 8.37. The topological polar surface area (TPSA) is 61.3 Å². The molecule has 2 N–H and O–H groups in total. The van der Waals surface area contributed by atoms with E-state index in [2.05, 4.69) is 17.1 Å². The van der Waals surface area contributed by atoms with E-state index in [0.29, 0.717) is 0 Å². The van der Waals surface area contributed by atoms with Crippen molar-refractivity contribution < 1.29 is 9.84 Å². The van der Waals surface area contributed by atoms with Gasteiger partial charge in [0.25, 0.3) is 0 Å². The van der Waals surface area contributed by atoms with Gasteiger partial charge in [-0.1, -0.05) is 6.42 Å². The highest BCUT2D eigenvalue weighted by atomic mass is 32.2. The van der Waals surface area contributed by atoms with E-state index in [-0.39, 0.29) is 4.90 Å². The van der Waals surface area contributed by atoms with Gasteiger partial charge in [0.15, 0.2) is 0 Å². The maximum Gasteiger partial charge on any atom is 0.211 e. The van der Waals surface area contributed by atoms with E-state index in [1.807, 2.05) is 11.8 Å². The van der Waals surface area contributed by atoms with Crippen LogP contribution in [0.1, 0.15) is 25.7 Å². The maximum atomic E-state index is 10.4. The lowest BCUT2D eigenvalue weighted by atomic mass is 10.2. The molecule has 0 fully saturated rings. The molecule has 0 aromatic heterocycles. The molecule has 0 aromatic rings. The minimum absolute atomic E-state index is 0.286. The van der Waals surface area contributed by atoms with E-state index in [1.54, 1.807) is 0 Å². The molecular formula is C7H16N2O2S. The van der Waals surface area contributed by atoms with Gasteiger partial charge in [0.2, 0.25) is 6.21 Å². The second kappa shape index (κ2) is 8.67. The molecule has 5 heteroatoms. The van der Waals surface area contributed by atoms with Gasteiger partial charge in [0.05, 0.1) is 0 Å². The van der Waals surface area contributed by atoms with E-state index < -0.39 is 0 Å². The van der Waals surface area contributed by atoms with Crippen molar-refractivity contribution in [3.63, 3.8) is 0 Å². The van der Waals surface area contributed by atoms with Crippen molar-refractivity contribution in [1.29, 1.82) is 0 Å². The van der Waals surface area contributed by atoms with Crippen LogP contribution in [-0.2, 0) is 4.94 Å². The summed E-state index contributed by atoms with van der Waals surface area (Å²) in [5.41, 5.74) is 0. The number of unbranched alkanes of at least 4 members (excludes halogenated alkanes) is 3. The molecule has 0 aliphatic rings. The summed E-state index contributed by atoms with van der Waals surface area (Å²) in [5.74, 6) is 5.80. The molecule has 4 nitrogen and oxygen atoms in total. The van der Waals surface area contributed by atoms with E-state index in [0.717, 1.165) is 19.3 Å². The van der Waals surface area contributed by atoms with Crippen LogP contribution in [-0.4, -0.2) is 23.1 Å². The van der Waals surface area contributed by atoms with Crippen LogP contribution in [0.4, 0.5) is 0 Å². The van der Waals surface area contributed by atoms with Gasteiger partial charge in [-0.3, -0.25) is 5.21 Å². The van der Waals surface area contributed by atoms with Crippen molar-refractivity contribution in [1.82, 2.24) is 0 Å². The van der Waals surface area contributed by atoms with E-state index >= 15 is 0 Å². The van der Waals surface area contributed by atoms with Crippen LogP contribution in [0.25, 0.3) is 0 Å². The van der Waals surface area contributed by atoms with Gasteiger partial charge in [-0.25, -0.2) is 5.90 Å². The summed E-state index contributed by atoms with van der Waals surface area (Å²) in [7, 11) is 0. The molecule has 0 bridgehead atoms. The molecule has 0 heterocycles.